The van der Waals surface area contributed by atoms with Gasteiger partial charge in [-0.1, -0.05) is 41.0 Å². The molecule has 2 bridgehead atoms. The molecule has 0 radical (unpaired) electrons. The highest BCUT2D eigenvalue weighted by Crippen LogP contribution is 2.61. The van der Waals surface area contributed by atoms with Crippen LogP contribution in [0.15, 0.2) is 46.6 Å². The zero-order valence-electron chi connectivity index (χ0n) is 20.4. The molecule has 5 rings (SSSR count). The Balaban J connectivity index is 1.54. The molecular weight excluding hydrogens is 364 g/mol. The lowest BCUT2D eigenvalue weighted by molar-refractivity contribution is 0.219. The third-order valence-electron chi connectivity index (χ3n) is 8.11. The van der Waals surface area contributed by atoms with Crippen LogP contribution in [-0.4, -0.2) is 22.2 Å². The second-order valence-electron chi connectivity index (χ2n) is 13.5. The van der Waals surface area contributed by atoms with Gasteiger partial charge in [0, 0.05) is 39.9 Å². The molecular formula is C28H42N2. The number of hydrogen-bond donors (Lipinski definition) is 2. The summed E-state index contributed by atoms with van der Waals surface area (Å²) in [5, 5.41) is 7.75. The van der Waals surface area contributed by atoms with Crippen molar-refractivity contribution in [1.82, 2.24) is 10.6 Å². The van der Waals surface area contributed by atoms with Crippen molar-refractivity contribution in [2.24, 2.45) is 23.7 Å². The van der Waals surface area contributed by atoms with E-state index in [2.05, 4.69) is 90.3 Å². The molecule has 1 saturated carbocycles. The lowest BCUT2D eigenvalue weighted by atomic mass is 9.73. The van der Waals surface area contributed by atoms with E-state index in [1.165, 1.54) is 25.7 Å². The Kier molecular flexibility index (Phi) is 4.31. The lowest BCUT2D eigenvalue weighted by Crippen LogP contribution is -2.56. The highest BCUT2D eigenvalue weighted by Gasteiger charge is 2.53. The molecule has 3 aliphatic carbocycles. The summed E-state index contributed by atoms with van der Waals surface area (Å²) in [6.07, 6.45) is 14.9. The van der Waals surface area contributed by atoms with Gasteiger partial charge in [-0.05, 0) is 92.6 Å². The molecule has 30 heavy (non-hydrogen) atoms. The summed E-state index contributed by atoms with van der Waals surface area (Å²) in [7, 11) is 0. The van der Waals surface area contributed by atoms with Gasteiger partial charge in [0.1, 0.15) is 0 Å². The number of hydrogen-bond acceptors (Lipinski definition) is 2. The van der Waals surface area contributed by atoms with E-state index in [-0.39, 0.29) is 22.2 Å². The quantitative estimate of drug-likeness (QED) is 0.476. The van der Waals surface area contributed by atoms with Crippen LogP contribution in [0.1, 0.15) is 81.1 Å². The molecule has 0 aromatic heterocycles. The Morgan fingerprint density at radius 2 is 1.10 bits per heavy atom. The van der Waals surface area contributed by atoms with Crippen LogP contribution < -0.4 is 10.6 Å². The molecule has 5 aliphatic rings. The van der Waals surface area contributed by atoms with Crippen molar-refractivity contribution in [2.45, 2.75) is 103 Å². The first kappa shape index (κ1) is 20.8. The van der Waals surface area contributed by atoms with Crippen molar-refractivity contribution in [3.8, 4) is 0 Å². The molecule has 2 aliphatic heterocycles. The molecule has 2 heteroatoms. The molecule has 164 valence electrons. The summed E-state index contributed by atoms with van der Waals surface area (Å²) >= 11 is 0. The van der Waals surface area contributed by atoms with E-state index >= 15 is 0 Å². The summed E-state index contributed by atoms with van der Waals surface area (Å²) in [4.78, 5) is 0. The van der Waals surface area contributed by atoms with E-state index in [1.54, 1.807) is 22.3 Å². The molecule has 4 atom stereocenters. The van der Waals surface area contributed by atoms with Gasteiger partial charge >= 0.3 is 0 Å². The summed E-state index contributed by atoms with van der Waals surface area (Å²) in [5.74, 6) is 2.63. The van der Waals surface area contributed by atoms with Gasteiger partial charge in [-0.3, -0.25) is 0 Å². The third kappa shape index (κ3) is 3.39. The predicted molar refractivity (Wildman–Crippen MR) is 127 cm³/mol. The highest BCUT2D eigenvalue weighted by molar-refractivity contribution is 5.51. The minimum atomic E-state index is 0.174. The molecule has 0 aromatic rings. The fraction of sp³-hybridized carbons (Fsp3) is 0.714. The van der Waals surface area contributed by atoms with Crippen LogP contribution in [0.2, 0.25) is 0 Å². The van der Waals surface area contributed by atoms with Crippen LogP contribution >= 0.6 is 0 Å². The van der Waals surface area contributed by atoms with Crippen LogP contribution in [0.3, 0.4) is 0 Å². The average molecular weight is 407 g/mol. The second-order valence-corrected chi connectivity index (χ2v) is 13.5. The molecule has 0 unspecified atom stereocenters. The number of allylic oxidation sites excluding steroid dienone is 6. The average Bonchev–Trinajstić information content (AvgIpc) is 3.19. The minimum absolute atomic E-state index is 0.174. The van der Waals surface area contributed by atoms with Crippen molar-refractivity contribution in [2.75, 3.05) is 0 Å². The Bertz CT molecular complexity index is 854. The number of nitrogens with one attached hydrogen (secondary N) is 2. The fourth-order valence-electron chi connectivity index (χ4n) is 8.25. The molecule has 2 heterocycles. The first-order valence-electron chi connectivity index (χ1n) is 12.1. The summed E-state index contributed by atoms with van der Waals surface area (Å²) in [6, 6.07) is 0. The normalized spacial score (nSPS) is 39.7. The topological polar surface area (TPSA) is 24.1 Å². The Hall–Kier alpha value is -1.12. The van der Waals surface area contributed by atoms with E-state index < -0.39 is 0 Å². The van der Waals surface area contributed by atoms with E-state index in [0.29, 0.717) is 23.7 Å². The van der Waals surface area contributed by atoms with E-state index in [0.717, 1.165) is 0 Å². The Morgan fingerprint density at radius 1 is 0.633 bits per heavy atom. The van der Waals surface area contributed by atoms with Gasteiger partial charge in [0.15, 0.2) is 0 Å². The maximum Gasteiger partial charge on any atom is 0.0167 e. The fourth-order valence-corrected chi connectivity index (χ4v) is 8.25. The number of piperidine rings is 2. The van der Waals surface area contributed by atoms with Gasteiger partial charge in [-0.15, -0.1) is 0 Å². The Morgan fingerprint density at radius 3 is 1.63 bits per heavy atom. The largest absolute Gasteiger partial charge is 0.306 e. The predicted octanol–water partition coefficient (Wildman–Crippen LogP) is 6.08. The smallest absolute Gasteiger partial charge is 0.0167 e. The standard InChI is InChI=1S/C28H42N2/c1-25(2)13-17(14-26(3,4)29-25)19-9-10-21-20-11-12-22(24(19)21)23(20)18-15-27(5,6)30-28(7,8)16-18/h9-12,20-22,24,29-30H,13-16H2,1-8H3/t20-,21+,22+,24+/m1/s1. The molecule has 2 nitrogen and oxygen atoms in total. The SMILES string of the molecule is CC1(C)CC(=C2C=C[C@@H]3[C@H]2[C@H]2C=C[C@H]3C2=C2CC(C)(C)NC(C)(C)C2)CC(C)(C)N1. The minimum Gasteiger partial charge on any atom is -0.306 e. The van der Waals surface area contributed by atoms with Crippen LogP contribution in [-0.2, 0) is 0 Å². The van der Waals surface area contributed by atoms with E-state index in [1.807, 2.05) is 0 Å². The van der Waals surface area contributed by atoms with Crippen LogP contribution in [0.5, 0.6) is 0 Å². The third-order valence-corrected chi connectivity index (χ3v) is 8.11. The lowest BCUT2D eigenvalue weighted by Gasteiger charge is -2.45. The molecule has 2 N–H and O–H groups in total. The molecule has 2 saturated heterocycles. The zero-order chi connectivity index (χ0) is 21.7. The van der Waals surface area contributed by atoms with Crippen molar-refractivity contribution in [3.63, 3.8) is 0 Å². The van der Waals surface area contributed by atoms with Crippen molar-refractivity contribution in [3.05, 3.63) is 46.6 Å². The van der Waals surface area contributed by atoms with E-state index in [4.69, 9.17) is 0 Å². The molecule has 3 fully saturated rings. The monoisotopic (exact) mass is 406 g/mol. The van der Waals surface area contributed by atoms with Crippen molar-refractivity contribution >= 4 is 0 Å². The first-order valence-corrected chi connectivity index (χ1v) is 12.1. The zero-order valence-corrected chi connectivity index (χ0v) is 20.4. The van der Waals surface area contributed by atoms with Crippen molar-refractivity contribution < 1.29 is 0 Å². The van der Waals surface area contributed by atoms with Crippen LogP contribution in [0, 0.1) is 23.7 Å². The molecule has 0 amide bonds. The molecule has 0 spiro atoms. The van der Waals surface area contributed by atoms with Gasteiger partial charge in [-0.25, -0.2) is 0 Å². The second kappa shape index (κ2) is 6.23. The Labute approximate surface area is 184 Å². The number of fused-ring (bicyclic) bond motifs is 5. The van der Waals surface area contributed by atoms with E-state index in [9.17, 15) is 0 Å². The van der Waals surface area contributed by atoms with Gasteiger partial charge in [0.25, 0.3) is 0 Å². The highest BCUT2D eigenvalue weighted by atomic mass is 15.1. The summed E-state index contributed by atoms with van der Waals surface area (Å²) in [6.45, 7) is 19.0. The summed E-state index contributed by atoms with van der Waals surface area (Å²) in [5.41, 5.74) is 7.66. The molecule has 0 aromatic carbocycles. The van der Waals surface area contributed by atoms with Gasteiger partial charge in [0.05, 0.1) is 0 Å². The van der Waals surface area contributed by atoms with Crippen LogP contribution in [0.25, 0.3) is 0 Å². The maximum absolute atomic E-state index is 3.88. The van der Waals surface area contributed by atoms with Crippen LogP contribution in [0.4, 0.5) is 0 Å². The van der Waals surface area contributed by atoms with Gasteiger partial charge in [-0.2, -0.15) is 0 Å². The van der Waals surface area contributed by atoms with Gasteiger partial charge in [0.2, 0.25) is 0 Å². The maximum atomic E-state index is 3.88. The van der Waals surface area contributed by atoms with Crippen molar-refractivity contribution in [1.29, 1.82) is 0 Å². The van der Waals surface area contributed by atoms with Gasteiger partial charge < -0.3 is 10.6 Å². The number of rotatable bonds is 0. The summed E-state index contributed by atoms with van der Waals surface area (Å²) < 4.78 is 0. The first-order chi connectivity index (χ1) is 13.8.